The molecule has 2 nitrogen and oxygen atoms in total. The molecular formula is C11H24N2. The van der Waals surface area contributed by atoms with Gasteiger partial charge in [0.1, 0.15) is 0 Å². The van der Waals surface area contributed by atoms with Crippen LogP contribution in [0, 0.1) is 0 Å². The van der Waals surface area contributed by atoms with Gasteiger partial charge in [0, 0.05) is 26.2 Å². The molecule has 0 aliphatic carbocycles. The van der Waals surface area contributed by atoms with E-state index in [9.17, 15) is 0 Å². The molecule has 2 saturated heterocycles. The maximum Gasteiger partial charge on any atom is 0.0133 e. The molecular weight excluding hydrogens is 160 g/mol. The Morgan fingerprint density at radius 2 is 0.769 bits per heavy atom. The third-order valence-electron chi connectivity index (χ3n) is 3.06. The minimum absolute atomic E-state index is 0. The zero-order chi connectivity index (χ0) is 8.23. The third kappa shape index (κ3) is 2.96. The second kappa shape index (κ2) is 5.61. The first kappa shape index (κ1) is 11.0. The normalized spacial score (nSPS) is 26.8. The van der Waals surface area contributed by atoms with Gasteiger partial charge in [0.15, 0.2) is 0 Å². The molecule has 0 aromatic rings. The van der Waals surface area contributed by atoms with Gasteiger partial charge in [-0.05, 0) is 25.7 Å². The summed E-state index contributed by atoms with van der Waals surface area (Å²) in [6.07, 6.45) is 8.55. The number of hydrazine groups is 1. The second-order valence-corrected chi connectivity index (χ2v) is 4.03. The van der Waals surface area contributed by atoms with Gasteiger partial charge in [-0.15, -0.1) is 0 Å². The van der Waals surface area contributed by atoms with Crippen LogP contribution in [-0.4, -0.2) is 36.2 Å². The molecule has 78 valence electrons. The first-order valence-electron chi connectivity index (χ1n) is 5.46. The Balaban J connectivity index is 0.000000845. The molecule has 0 amide bonds. The van der Waals surface area contributed by atoms with Gasteiger partial charge in [0.2, 0.25) is 0 Å². The number of nitrogens with zero attached hydrogens (tertiary/aromatic N) is 2. The van der Waals surface area contributed by atoms with E-state index >= 15 is 0 Å². The van der Waals surface area contributed by atoms with Gasteiger partial charge in [0.25, 0.3) is 0 Å². The molecule has 2 heterocycles. The smallest absolute Gasteiger partial charge is 0.0133 e. The lowest BCUT2D eigenvalue weighted by Crippen LogP contribution is -2.47. The summed E-state index contributed by atoms with van der Waals surface area (Å²) in [4.78, 5) is 0. The van der Waals surface area contributed by atoms with Gasteiger partial charge in [0.05, 0.1) is 0 Å². The number of rotatable bonds is 1. The molecule has 2 fully saturated rings. The Hall–Kier alpha value is -0.0800. The molecule has 13 heavy (non-hydrogen) atoms. The molecule has 2 aliphatic rings. The highest BCUT2D eigenvalue weighted by Gasteiger charge is 2.19. The summed E-state index contributed by atoms with van der Waals surface area (Å²) in [6, 6.07) is 0. The minimum atomic E-state index is 0. The summed E-state index contributed by atoms with van der Waals surface area (Å²) >= 11 is 0. The van der Waals surface area contributed by atoms with E-state index in [1.54, 1.807) is 0 Å². The first-order chi connectivity index (χ1) is 5.97. The van der Waals surface area contributed by atoms with Crippen molar-refractivity contribution in [3.05, 3.63) is 0 Å². The van der Waals surface area contributed by atoms with E-state index in [0.717, 1.165) is 0 Å². The molecule has 0 radical (unpaired) electrons. The Morgan fingerprint density at radius 1 is 0.462 bits per heavy atom. The molecule has 2 rings (SSSR count). The van der Waals surface area contributed by atoms with E-state index in [2.05, 4.69) is 10.0 Å². The van der Waals surface area contributed by atoms with E-state index in [0.29, 0.717) is 0 Å². The van der Waals surface area contributed by atoms with Crippen LogP contribution >= 0.6 is 0 Å². The Bertz CT molecular complexity index is 108. The third-order valence-corrected chi connectivity index (χ3v) is 3.06. The standard InChI is InChI=1S/C10H20N2.CH4/c1-3-7-11(8-4-1)12-9-5-2-6-10-12;/h1-10H2;1H4. The zero-order valence-electron chi connectivity index (χ0n) is 7.97. The van der Waals surface area contributed by atoms with Crippen molar-refractivity contribution < 1.29 is 0 Å². The van der Waals surface area contributed by atoms with Crippen LogP contribution in [-0.2, 0) is 0 Å². The van der Waals surface area contributed by atoms with Crippen molar-refractivity contribution >= 4 is 0 Å². The molecule has 0 unspecified atom stereocenters. The maximum atomic E-state index is 2.59. The highest BCUT2D eigenvalue weighted by molar-refractivity contribution is 4.67. The molecule has 0 saturated carbocycles. The van der Waals surface area contributed by atoms with Crippen molar-refractivity contribution in [1.29, 1.82) is 0 Å². The molecule has 0 atom stereocenters. The lowest BCUT2D eigenvalue weighted by molar-refractivity contribution is -0.0518. The fourth-order valence-electron chi connectivity index (χ4n) is 2.32. The fourth-order valence-corrected chi connectivity index (χ4v) is 2.32. The van der Waals surface area contributed by atoms with Crippen molar-refractivity contribution in [2.75, 3.05) is 26.2 Å². The molecule has 2 heteroatoms. The van der Waals surface area contributed by atoms with Crippen molar-refractivity contribution in [1.82, 2.24) is 10.0 Å². The molecule has 0 spiro atoms. The highest BCUT2D eigenvalue weighted by Crippen LogP contribution is 2.16. The van der Waals surface area contributed by atoms with E-state index in [1.165, 1.54) is 64.7 Å². The van der Waals surface area contributed by atoms with Crippen LogP contribution in [0.2, 0.25) is 0 Å². The van der Waals surface area contributed by atoms with E-state index in [4.69, 9.17) is 0 Å². The predicted molar refractivity (Wildman–Crippen MR) is 57.6 cm³/mol. The van der Waals surface area contributed by atoms with E-state index in [1.807, 2.05) is 0 Å². The Labute approximate surface area is 82.9 Å². The monoisotopic (exact) mass is 184 g/mol. The van der Waals surface area contributed by atoms with Crippen LogP contribution in [0.4, 0.5) is 0 Å². The van der Waals surface area contributed by atoms with Crippen molar-refractivity contribution in [3.8, 4) is 0 Å². The van der Waals surface area contributed by atoms with Crippen molar-refractivity contribution in [3.63, 3.8) is 0 Å². The Morgan fingerprint density at radius 3 is 1.08 bits per heavy atom. The minimum Gasteiger partial charge on any atom is -0.242 e. The SMILES string of the molecule is C.C1CCN(N2CCCCC2)CC1. The van der Waals surface area contributed by atoms with Crippen LogP contribution in [0.25, 0.3) is 0 Å². The zero-order valence-corrected chi connectivity index (χ0v) is 7.97. The molecule has 0 N–H and O–H groups in total. The highest BCUT2D eigenvalue weighted by atomic mass is 15.6. The van der Waals surface area contributed by atoms with Gasteiger partial charge in [-0.3, -0.25) is 0 Å². The summed E-state index contributed by atoms with van der Waals surface area (Å²) < 4.78 is 0. The summed E-state index contributed by atoms with van der Waals surface area (Å²) in [6.45, 7) is 5.28. The maximum absolute atomic E-state index is 2.59. The second-order valence-electron chi connectivity index (χ2n) is 4.03. The van der Waals surface area contributed by atoms with Crippen LogP contribution in [0.3, 0.4) is 0 Å². The van der Waals surface area contributed by atoms with Crippen LogP contribution < -0.4 is 0 Å². The Kier molecular flexibility index (Phi) is 4.74. The van der Waals surface area contributed by atoms with Crippen LogP contribution in [0.5, 0.6) is 0 Å². The summed E-state index contributed by atoms with van der Waals surface area (Å²) in [5, 5.41) is 5.17. The summed E-state index contributed by atoms with van der Waals surface area (Å²) in [5.41, 5.74) is 0. The number of hydrogen-bond acceptors (Lipinski definition) is 2. The van der Waals surface area contributed by atoms with Crippen LogP contribution in [0.1, 0.15) is 46.0 Å². The molecule has 0 aromatic carbocycles. The number of piperidine rings is 2. The average molecular weight is 184 g/mol. The van der Waals surface area contributed by atoms with E-state index in [-0.39, 0.29) is 7.43 Å². The predicted octanol–water partition coefficient (Wildman–Crippen LogP) is 2.51. The van der Waals surface area contributed by atoms with Crippen LogP contribution in [0.15, 0.2) is 0 Å². The lowest BCUT2D eigenvalue weighted by atomic mass is 10.1. The van der Waals surface area contributed by atoms with Gasteiger partial charge in [-0.2, -0.15) is 0 Å². The summed E-state index contributed by atoms with van der Waals surface area (Å²) in [5.74, 6) is 0. The van der Waals surface area contributed by atoms with E-state index < -0.39 is 0 Å². The van der Waals surface area contributed by atoms with Gasteiger partial charge < -0.3 is 0 Å². The molecule has 2 aliphatic heterocycles. The van der Waals surface area contributed by atoms with Gasteiger partial charge in [-0.25, -0.2) is 10.0 Å². The molecule has 0 bridgehead atoms. The summed E-state index contributed by atoms with van der Waals surface area (Å²) in [7, 11) is 0. The van der Waals surface area contributed by atoms with Crippen molar-refractivity contribution in [2.24, 2.45) is 0 Å². The van der Waals surface area contributed by atoms with Gasteiger partial charge in [-0.1, -0.05) is 20.3 Å². The average Bonchev–Trinajstić information content (AvgIpc) is 2.21. The quantitative estimate of drug-likeness (QED) is 0.618. The fraction of sp³-hybridized carbons (Fsp3) is 1.00. The lowest BCUT2D eigenvalue weighted by Gasteiger charge is -2.39. The van der Waals surface area contributed by atoms with Gasteiger partial charge >= 0.3 is 0 Å². The largest absolute Gasteiger partial charge is 0.242 e. The van der Waals surface area contributed by atoms with Crippen molar-refractivity contribution in [2.45, 2.75) is 46.0 Å². The topological polar surface area (TPSA) is 6.48 Å². The first-order valence-corrected chi connectivity index (χ1v) is 5.46. The molecule has 0 aromatic heterocycles. The number of hydrogen-bond donors (Lipinski definition) is 0.